The van der Waals surface area contributed by atoms with E-state index in [1.807, 2.05) is 72.0 Å². The van der Waals surface area contributed by atoms with Gasteiger partial charge in [0, 0.05) is 42.1 Å². The topological polar surface area (TPSA) is 43.6 Å². The first-order valence-corrected chi connectivity index (χ1v) is 13.4. The predicted molar refractivity (Wildman–Crippen MR) is 158 cm³/mol. The third-order valence-corrected chi connectivity index (χ3v) is 8.27. The van der Waals surface area contributed by atoms with Crippen molar-refractivity contribution >= 4 is 53.3 Å². The zero-order chi connectivity index (χ0) is 25.1. The van der Waals surface area contributed by atoms with E-state index in [9.17, 15) is 0 Å². The van der Waals surface area contributed by atoms with E-state index in [0.717, 1.165) is 22.2 Å². The Bertz CT molecular complexity index is 2070. The Labute approximate surface area is 222 Å². The molecule has 0 saturated heterocycles. The first-order chi connectivity index (χ1) is 18.8. The van der Waals surface area contributed by atoms with Crippen molar-refractivity contribution in [3.8, 4) is 28.7 Å². The molecular weight excluding hydrogens is 484 g/mol. The molecule has 0 N–H and O–H groups in total. The third-order valence-electron chi connectivity index (χ3n) is 7.07. The van der Waals surface area contributed by atoms with E-state index in [0.29, 0.717) is 17.6 Å². The summed E-state index contributed by atoms with van der Waals surface area (Å²) in [5, 5.41) is 5.01. The highest BCUT2D eigenvalue weighted by atomic mass is 32.1. The van der Waals surface area contributed by atoms with Gasteiger partial charge in [0.05, 0.1) is 11.0 Å². The first-order valence-electron chi connectivity index (χ1n) is 12.6. The van der Waals surface area contributed by atoms with Gasteiger partial charge in [-0.1, -0.05) is 103 Å². The van der Waals surface area contributed by atoms with Crippen LogP contribution in [0.15, 0.2) is 121 Å². The van der Waals surface area contributed by atoms with Gasteiger partial charge in [-0.15, -0.1) is 11.3 Å². The largest absolute Gasteiger partial charge is 0.278 e. The average molecular weight is 505 g/mol. The highest BCUT2D eigenvalue weighted by molar-refractivity contribution is 7.26. The van der Waals surface area contributed by atoms with Gasteiger partial charge in [0.25, 0.3) is 0 Å². The minimum Gasteiger partial charge on any atom is -0.278 e. The van der Waals surface area contributed by atoms with Crippen LogP contribution in [-0.4, -0.2) is 19.5 Å². The molecule has 8 rings (SSSR count). The molecule has 178 valence electrons. The summed E-state index contributed by atoms with van der Waals surface area (Å²) in [5.41, 5.74) is 4.09. The van der Waals surface area contributed by atoms with E-state index in [2.05, 4.69) is 65.2 Å². The van der Waals surface area contributed by atoms with Gasteiger partial charge in [0.1, 0.15) is 0 Å². The molecule has 0 amide bonds. The molecule has 0 bridgehead atoms. The number of aromatic nitrogens is 4. The molecule has 3 aromatic heterocycles. The Hall–Kier alpha value is -4.87. The monoisotopic (exact) mass is 504 g/mol. The fourth-order valence-corrected chi connectivity index (χ4v) is 6.61. The lowest BCUT2D eigenvalue weighted by atomic mass is 10.1. The Kier molecular flexibility index (Phi) is 4.66. The predicted octanol–water partition coefficient (Wildman–Crippen LogP) is 8.67. The molecule has 0 unspecified atom stereocenters. The van der Waals surface area contributed by atoms with Crippen molar-refractivity contribution in [1.29, 1.82) is 0 Å². The highest BCUT2D eigenvalue weighted by Gasteiger charge is 2.20. The van der Waals surface area contributed by atoms with Crippen LogP contribution in [0.4, 0.5) is 0 Å². The Morgan fingerprint density at radius 1 is 0.474 bits per heavy atom. The smallest absolute Gasteiger partial charge is 0.238 e. The molecule has 0 fully saturated rings. The normalized spacial score (nSPS) is 11.7. The number of benzene rings is 5. The maximum atomic E-state index is 5.04. The summed E-state index contributed by atoms with van der Waals surface area (Å²) in [5.74, 6) is 1.93. The van der Waals surface area contributed by atoms with Crippen LogP contribution >= 0.6 is 11.3 Å². The maximum Gasteiger partial charge on any atom is 0.238 e. The van der Waals surface area contributed by atoms with E-state index < -0.39 is 0 Å². The van der Waals surface area contributed by atoms with Gasteiger partial charge in [0.15, 0.2) is 11.6 Å². The minimum absolute atomic E-state index is 0.615. The third kappa shape index (κ3) is 3.19. The van der Waals surface area contributed by atoms with Crippen molar-refractivity contribution < 1.29 is 0 Å². The van der Waals surface area contributed by atoms with Crippen molar-refractivity contribution in [2.45, 2.75) is 0 Å². The summed E-state index contributed by atoms with van der Waals surface area (Å²) >= 11 is 1.85. The molecule has 0 aliphatic rings. The van der Waals surface area contributed by atoms with Gasteiger partial charge in [-0.3, -0.25) is 4.57 Å². The Balaban J connectivity index is 1.49. The standard InChI is InChI=1S/C33H20N4S/c1-3-11-21(12-4-1)31-34-32(22-13-5-2-6-14-22)36-33(35-31)37-26-17-9-7-16-25(26)29-27(37)20-19-24-23-15-8-10-18-28(23)38-30(24)29/h1-20H. The molecule has 4 nitrogen and oxygen atoms in total. The van der Waals surface area contributed by atoms with Crippen LogP contribution < -0.4 is 0 Å². The highest BCUT2D eigenvalue weighted by Crippen LogP contribution is 2.43. The van der Waals surface area contributed by atoms with Crippen molar-refractivity contribution in [3.05, 3.63) is 121 Å². The average Bonchev–Trinajstić information content (AvgIpc) is 3.53. The molecule has 5 heteroatoms. The molecule has 0 saturated carbocycles. The molecule has 38 heavy (non-hydrogen) atoms. The Morgan fingerprint density at radius 3 is 1.79 bits per heavy atom. The molecule has 0 atom stereocenters. The summed E-state index contributed by atoms with van der Waals surface area (Å²) in [7, 11) is 0. The lowest BCUT2D eigenvalue weighted by Gasteiger charge is -2.10. The van der Waals surface area contributed by atoms with Gasteiger partial charge in [-0.2, -0.15) is 9.97 Å². The van der Waals surface area contributed by atoms with Crippen LogP contribution in [0.5, 0.6) is 0 Å². The molecular formula is C33H20N4S. The van der Waals surface area contributed by atoms with Crippen LogP contribution in [0, 0.1) is 0 Å². The zero-order valence-electron chi connectivity index (χ0n) is 20.2. The van der Waals surface area contributed by atoms with E-state index in [1.165, 1.54) is 30.9 Å². The van der Waals surface area contributed by atoms with Gasteiger partial charge >= 0.3 is 0 Å². The SMILES string of the molecule is c1ccc(-c2nc(-c3ccccc3)nc(-n3c4ccccc4c4c5sc6ccccc6c5ccc43)n2)cc1. The summed E-state index contributed by atoms with van der Waals surface area (Å²) in [6.07, 6.45) is 0. The summed E-state index contributed by atoms with van der Waals surface area (Å²) < 4.78 is 4.78. The lowest BCUT2D eigenvalue weighted by molar-refractivity contribution is 0.953. The van der Waals surface area contributed by atoms with Crippen molar-refractivity contribution in [2.75, 3.05) is 0 Å². The van der Waals surface area contributed by atoms with Crippen LogP contribution in [0.3, 0.4) is 0 Å². The second kappa shape index (κ2) is 8.33. The fourth-order valence-electron chi connectivity index (χ4n) is 5.35. The molecule has 5 aromatic carbocycles. The molecule has 0 radical (unpaired) electrons. The molecule has 0 aliphatic carbocycles. The number of rotatable bonds is 3. The molecule has 3 heterocycles. The van der Waals surface area contributed by atoms with Crippen LogP contribution in [0.25, 0.3) is 70.7 Å². The lowest BCUT2D eigenvalue weighted by Crippen LogP contribution is -2.06. The van der Waals surface area contributed by atoms with Gasteiger partial charge in [-0.05, 0) is 18.2 Å². The first kappa shape index (κ1) is 21.2. The van der Waals surface area contributed by atoms with Crippen LogP contribution in [-0.2, 0) is 0 Å². The second-order valence-corrected chi connectivity index (χ2v) is 10.4. The van der Waals surface area contributed by atoms with Gasteiger partial charge in [-0.25, -0.2) is 4.98 Å². The van der Waals surface area contributed by atoms with E-state index in [1.54, 1.807) is 0 Å². The van der Waals surface area contributed by atoms with Gasteiger partial charge in [0.2, 0.25) is 5.95 Å². The quantitative estimate of drug-likeness (QED) is 0.242. The fraction of sp³-hybridized carbons (Fsp3) is 0. The van der Waals surface area contributed by atoms with Crippen LogP contribution in [0.1, 0.15) is 0 Å². The number of nitrogens with zero attached hydrogens (tertiary/aromatic N) is 4. The number of hydrogen-bond donors (Lipinski definition) is 0. The van der Waals surface area contributed by atoms with Crippen molar-refractivity contribution in [3.63, 3.8) is 0 Å². The summed E-state index contributed by atoms with van der Waals surface area (Å²) in [4.78, 5) is 15.0. The van der Waals surface area contributed by atoms with Crippen molar-refractivity contribution in [1.82, 2.24) is 19.5 Å². The minimum atomic E-state index is 0.615. The van der Waals surface area contributed by atoms with E-state index in [4.69, 9.17) is 15.0 Å². The number of thiophene rings is 1. The summed E-state index contributed by atoms with van der Waals surface area (Å²) in [6.45, 7) is 0. The summed E-state index contributed by atoms with van der Waals surface area (Å²) in [6, 6.07) is 41.9. The molecule has 0 spiro atoms. The van der Waals surface area contributed by atoms with E-state index in [-0.39, 0.29) is 0 Å². The van der Waals surface area contributed by atoms with Crippen LogP contribution in [0.2, 0.25) is 0 Å². The van der Waals surface area contributed by atoms with E-state index >= 15 is 0 Å². The zero-order valence-corrected chi connectivity index (χ0v) is 21.1. The maximum absolute atomic E-state index is 5.04. The Morgan fingerprint density at radius 2 is 1.08 bits per heavy atom. The molecule has 8 aromatic rings. The van der Waals surface area contributed by atoms with Crippen molar-refractivity contribution in [2.24, 2.45) is 0 Å². The number of hydrogen-bond acceptors (Lipinski definition) is 4. The van der Waals surface area contributed by atoms with Gasteiger partial charge < -0.3 is 0 Å². The molecule has 0 aliphatic heterocycles. The second-order valence-electron chi connectivity index (χ2n) is 9.30. The number of fused-ring (bicyclic) bond motifs is 7. The number of para-hydroxylation sites is 1.